The van der Waals surface area contributed by atoms with E-state index in [1.807, 2.05) is 0 Å². The molecule has 1 heteroatoms. The quantitative estimate of drug-likeness (QED) is 0.583. The Kier molecular flexibility index (Phi) is 0.977. The molecule has 1 aliphatic carbocycles. The van der Waals surface area contributed by atoms with Gasteiger partial charge in [0.05, 0.1) is 0 Å². The van der Waals surface area contributed by atoms with Crippen LogP contribution in [0.3, 0.4) is 0 Å². The van der Waals surface area contributed by atoms with Crippen molar-refractivity contribution in [2.24, 2.45) is 5.92 Å². The predicted molar refractivity (Wildman–Crippen MR) is 44.4 cm³/mol. The second-order valence-corrected chi connectivity index (χ2v) is 3.55. The molecule has 1 aliphatic heterocycles. The Morgan fingerprint density at radius 2 is 2.18 bits per heavy atom. The summed E-state index contributed by atoms with van der Waals surface area (Å²) in [5.41, 5.74) is 3.11. The van der Waals surface area contributed by atoms with Crippen LogP contribution in [0.5, 0.6) is 0 Å². The highest BCUT2D eigenvalue weighted by Gasteiger charge is 2.38. The van der Waals surface area contributed by atoms with Crippen molar-refractivity contribution in [3.05, 3.63) is 35.4 Å². The van der Waals surface area contributed by atoms with Gasteiger partial charge in [-0.2, -0.15) is 0 Å². The molecule has 1 N–H and O–H groups in total. The Morgan fingerprint density at radius 1 is 1.27 bits per heavy atom. The SMILES string of the molecule is c1ccc2c(c1)C[C@H]1CN[C@@H]21. The van der Waals surface area contributed by atoms with Crippen LogP contribution in [0.15, 0.2) is 24.3 Å². The third-order valence-corrected chi connectivity index (χ3v) is 2.94. The molecule has 11 heavy (non-hydrogen) atoms. The lowest BCUT2D eigenvalue weighted by Gasteiger charge is -2.32. The molecule has 0 amide bonds. The summed E-state index contributed by atoms with van der Waals surface area (Å²) in [6.45, 7) is 1.22. The van der Waals surface area contributed by atoms with Crippen LogP contribution in [-0.2, 0) is 6.42 Å². The molecule has 0 unspecified atom stereocenters. The summed E-state index contributed by atoms with van der Waals surface area (Å²) in [7, 11) is 0. The first-order valence-electron chi connectivity index (χ1n) is 4.26. The number of rotatable bonds is 0. The third-order valence-electron chi connectivity index (χ3n) is 2.94. The van der Waals surface area contributed by atoms with Crippen LogP contribution in [0.4, 0.5) is 0 Å². The van der Waals surface area contributed by atoms with Gasteiger partial charge in [0.25, 0.3) is 0 Å². The summed E-state index contributed by atoms with van der Waals surface area (Å²) in [6, 6.07) is 9.50. The highest BCUT2D eigenvalue weighted by atomic mass is 15.0. The first-order chi connectivity index (χ1) is 5.45. The number of nitrogens with one attached hydrogen (secondary N) is 1. The molecule has 0 spiro atoms. The second-order valence-electron chi connectivity index (χ2n) is 3.55. The van der Waals surface area contributed by atoms with Gasteiger partial charge in [-0.25, -0.2) is 0 Å². The van der Waals surface area contributed by atoms with E-state index in [1.54, 1.807) is 11.1 Å². The highest BCUT2D eigenvalue weighted by molar-refractivity contribution is 5.37. The number of hydrogen-bond acceptors (Lipinski definition) is 1. The van der Waals surface area contributed by atoms with E-state index in [4.69, 9.17) is 0 Å². The monoisotopic (exact) mass is 145 g/mol. The standard InChI is InChI=1S/C10H11N/c1-2-4-9-7(3-1)5-8-6-11-10(8)9/h1-4,8,10-11H,5-6H2/t8-,10+/m0/s1. The molecule has 2 aliphatic rings. The van der Waals surface area contributed by atoms with Gasteiger partial charge in [-0.05, 0) is 23.5 Å². The van der Waals surface area contributed by atoms with Crippen LogP contribution < -0.4 is 5.32 Å². The lowest BCUT2D eigenvalue weighted by molar-refractivity contribution is 0.260. The van der Waals surface area contributed by atoms with Crippen LogP contribution in [-0.4, -0.2) is 6.54 Å². The van der Waals surface area contributed by atoms with E-state index >= 15 is 0 Å². The average Bonchev–Trinajstić information content (AvgIpc) is 2.23. The first kappa shape index (κ1) is 5.78. The van der Waals surface area contributed by atoms with E-state index in [0.29, 0.717) is 6.04 Å². The molecule has 1 saturated heterocycles. The van der Waals surface area contributed by atoms with Gasteiger partial charge in [-0.15, -0.1) is 0 Å². The van der Waals surface area contributed by atoms with E-state index in [9.17, 15) is 0 Å². The van der Waals surface area contributed by atoms with E-state index in [2.05, 4.69) is 29.6 Å². The average molecular weight is 145 g/mol. The van der Waals surface area contributed by atoms with E-state index in [1.165, 1.54) is 13.0 Å². The fraction of sp³-hybridized carbons (Fsp3) is 0.400. The number of fused-ring (bicyclic) bond motifs is 3. The normalized spacial score (nSPS) is 32.4. The predicted octanol–water partition coefficient (Wildman–Crippen LogP) is 1.50. The third kappa shape index (κ3) is 0.641. The molecule has 0 bridgehead atoms. The summed E-state index contributed by atoms with van der Waals surface area (Å²) >= 11 is 0. The van der Waals surface area contributed by atoms with Crippen molar-refractivity contribution in [2.45, 2.75) is 12.5 Å². The molecular formula is C10H11N. The van der Waals surface area contributed by atoms with Crippen molar-refractivity contribution in [3.63, 3.8) is 0 Å². The smallest absolute Gasteiger partial charge is 0.0366 e. The van der Waals surface area contributed by atoms with E-state index < -0.39 is 0 Å². The lowest BCUT2D eigenvalue weighted by atomic mass is 9.93. The number of benzene rings is 1. The zero-order chi connectivity index (χ0) is 7.26. The minimum Gasteiger partial charge on any atom is -0.309 e. The Hall–Kier alpha value is -0.820. The first-order valence-corrected chi connectivity index (χ1v) is 4.26. The van der Waals surface area contributed by atoms with Crippen LogP contribution >= 0.6 is 0 Å². The van der Waals surface area contributed by atoms with Gasteiger partial charge < -0.3 is 5.32 Å². The van der Waals surface area contributed by atoms with Gasteiger partial charge in [0.2, 0.25) is 0 Å². The summed E-state index contributed by atoms with van der Waals surface area (Å²) in [6.07, 6.45) is 1.30. The van der Waals surface area contributed by atoms with Crippen LogP contribution in [0, 0.1) is 5.92 Å². The van der Waals surface area contributed by atoms with Gasteiger partial charge in [-0.1, -0.05) is 24.3 Å². The molecule has 1 aromatic carbocycles. The fourth-order valence-corrected chi connectivity index (χ4v) is 2.26. The van der Waals surface area contributed by atoms with Gasteiger partial charge in [0.15, 0.2) is 0 Å². The van der Waals surface area contributed by atoms with Crippen molar-refractivity contribution < 1.29 is 0 Å². The molecule has 1 fully saturated rings. The molecule has 0 radical (unpaired) electrons. The Labute approximate surface area is 66.4 Å². The van der Waals surface area contributed by atoms with E-state index in [0.717, 1.165) is 5.92 Å². The van der Waals surface area contributed by atoms with Crippen LogP contribution in [0.2, 0.25) is 0 Å². The molecule has 1 heterocycles. The minimum atomic E-state index is 0.700. The molecular weight excluding hydrogens is 134 g/mol. The summed E-state index contributed by atoms with van der Waals surface area (Å²) in [5.74, 6) is 0.910. The number of hydrogen-bond donors (Lipinski definition) is 1. The van der Waals surface area contributed by atoms with Gasteiger partial charge in [-0.3, -0.25) is 0 Å². The Morgan fingerprint density at radius 3 is 3.00 bits per heavy atom. The zero-order valence-electron chi connectivity index (χ0n) is 6.38. The largest absolute Gasteiger partial charge is 0.309 e. The molecule has 1 aromatic rings. The summed E-state index contributed by atoms with van der Waals surface area (Å²) in [5, 5.41) is 3.46. The second kappa shape index (κ2) is 1.86. The zero-order valence-corrected chi connectivity index (χ0v) is 6.38. The Bertz CT molecular complexity index is 293. The van der Waals surface area contributed by atoms with E-state index in [-0.39, 0.29) is 0 Å². The fourth-order valence-electron chi connectivity index (χ4n) is 2.26. The lowest BCUT2D eigenvalue weighted by Crippen LogP contribution is -2.43. The molecule has 3 rings (SSSR count). The molecule has 0 aromatic heterocycles. The van der Waals surface area contributed by atoms with Crippen molar-refractivity contribution in [2.75, 3.05) is 6.54 Å². The Balaban J connectivity index is 2.14. The van der Waals surface area contributed by atoms with Crippen molar-refractivity contribution in [1.29, 1.82) is 0 Å². The molecule has 1 nitrogen and oxygen atoms in total. The topological polar surface area (TPSA) is 12.0 Å². The maximum Gasteiger partial charge on any atom is 0.0366 e. The maximum atomic E-state index is 3.46. The summed E-state index contributed by atoms with van der Waals surface area (Å²) < 4.78 is 0. The summed E-state index contributed by atoms with van der Waals surface area (Å²) in [4.78, 5) is 0. The van der Waals surface area contributed by atoms with Gasteiger partial charge >= 0.3 is 0 Å². The molecule has 0 saturated carbocycles. The molecule has 56 valence electrons. The van der Waals surface area contributed by atoms with Crippen molar-refractivity contribution in [1.82, 2.24) is 5.32 Å². The maximum absolute atomic E-state index is 3.46. The van der Waals surface area contributed by atoms with Crippen molar-refractivity contribution in [3.8, 4) is 0 Å². The van der Waals surface area contributed by atoms with Gasteiger partial charge in [0.1, 0.15) is 0 Å². The van der Waals surface area contributed by atoms with Crippen LogP contribution in [0.1, 0.15) is 17.2 Å². The minimum absolute atomic E-state index is 0.700. The highest BCUT2D eigenvalue weighted by Crippen LogP contribution is 2.40. The van der Waals surface area contributed by atoms with Crippen LogP contribution in [0.25, 0.3) is 0 Å². The van der Waals surface area contributed by atoms with Gasteiger partial charge in [0, 0.05) is 12.6 Å². The molecule has 2 atom stereocenters. The van der Waals surface area contributed by atoms with Crippen molar-refractivity contribution >= 4 is 0 Å².